The summed E-state index contributed by atoms with van der Waals surface area (Å²) in [6.07, 6.45) is 2.90. The minimum Gasteiger partial charge on any atom is -0.497 e. The topological polar surface area (TPSA) is 61.8 Å². The van der Waals surface area contributed by atoms with Crippen LogP contribution in [0.3, 0.4) is 0 Å². The molecule has 5 nitrogen and oxygen atoms in total. The first-order chi connectivity index (χ1) is 13.8. The fourth-order valence-corrected chi connectivity index (χ4v) is 2.77. The standard InChI is InChI=1S/C24H30O5/c1-24(2,3)29-22(25)11-6-5-7-16-28-21-10-8-9-19(17-21)23(26)18-12-14-20(27-4)15-13-18/h8-10,12-15,17H,5-7,11,16H2,1-4H3. The maximum absolute atomic E-state index is 12.6. The lowest BCUT2D eigenvalue weighted by Crippen LogP contribution is -2.23. The number of ether oxygens (including phenoxy) is 3. The highest BCUT2D eigenvalue weighted by molar-refractivity contribution is 6.09. The molecule has 0 radical (unpaired) electrons. The minimum atomic E-state index is -0.436. The molecule has 0 saturated carbocycles. The van der Waals surface area contributed by atoms with Gasteiger partial charge in [-0.1, -0.05) is 12.1 Å². The van der Waals surface area contributed by atoms with Crippen LogP contribution < -0.4 is 9.47 Å². The van der Waals surface area contributed by atoms with E-state index >= 15 is 0 Å². The van der Waals surface area contributed by atoms with E-state index < -0.39 is 5.60 Å². The molecule has 2 aromatic rings. The number of carbonyl (C=O) groups excluding carboxylic acids is 2. The van der Waals surface area contributed by atoms with Gasteiger partial charge in [-0.25, -0.2) is 0 Å². The Morgan fingerprint density at radius 2 is 1.59 bits per heavy atom. The second-order valence-corrected chi connectivity index (χ2v) is 7.83. The predicted octanol–water partition coefficient (Wildman–Crippen LogP) is 5.21. The van der Waals surface area contributed by atoms with Crippen LogP contribution >= 0.6 is 0 Å². The third kappa shape index (κ3) is 7.98. The van der Waals surface area contributed by atoms with Gasteiger partial charge in [0.15, 0.2) is 5.78 Å². The molecule has 0 aliphatic rings. The first kappa shape index (κ1) is 22.5. The van der Waals surface area contributed by atoms with Gasteiger partial charge in [-0.15, -0.1) is 0 Å². The van der Waals surface area contributed by atoms with E-state index in [0.29, 0.717) is 35.7 Å². The molecule has 0 unspecified atom stereocenters. The van der Waals surface area contributed by atoms with E-state index in [9.17, 15) is 9.59 Å². The molecule has 0 aromatic heterocycles. The van der Waals surface area contributed by atoms with Crippen molar-refractivity contribution < 1.29 is 23.8 Å². The molecule has 0 atom stereocenters. The van der Waals surface area contributed by atoms with Crippen LogP contribution in [0, 0.1) is 0 Å². The van der Waals surface area contributed by atoms with E-state index in [1.807, 2.05) is 32.9 Å². The summed E-state index contributed by atoms with van der Waals surface area (Å²) in [7, 11) is 1.59. The highest BCUT2D eigenvalue weighted by atomic mass is 16.6. The molecule has 0 amide bonds. The summed E-state index contributed by atoms with van der Waals surface area (Å²) < 4.78 is 16.2. The zero-order chi connectivity index (χ0) is 21.3. The average molecular weight is 398 g/mol. The fourth-order valence-electron chi connectivity index (χ4n) is 2.77. The van der Waals surface area contributed by atoms with Crippen LogP contribution in [0.15, 0.2) is 48.5 Å². The molecule has 0 heterocycles. The SMILES string of the molecule is COc1ccc(C(=O)c2cccc(OCCCCCC(=O)OC(C)(C)C)c2)cc1. The minimum absolute atomic E-state index is 0.0598. The zero-order valence-electron chi connectivity index (χ0n) is 17.7. The normalized spacial score (nSPS) is 11.0. The third-order valence-electron chi connectivity index (χ3n) is 4.16. The van der Waals surface area contributed by atoms with Crippen molar-refractivity contribution in [1.29, 1.82) is 0 Å². The van der Waals surface area contributed by atoms with E-state index in [1.54, 1.807) is 43.5 Å². The van der Waals surface area contributed by atoms with Crippen molar-refractivity contribution in [2.75, 3.05) is 13.7 Å². The van der Waals surface area contributed by atoms with Crippen LogP contribution in [0.5, 0.6) is 11.5 Å². The quantitative estimate of drug-likeness (QED) is 0.312. The Morgan fingerprint density at radius 3 is 2.24 bits per heavy atom. The number of benzene rings is 2. The maximum Gasteiger partial charge on any atom is 0.306 e. The van der Waals surface area contributed by atoms with E-state index in [2.05, 4.69) is 0 Å². The molecule has 0 saturated heterocycles. The first-order valence-corrected chi connectivity index (χ1v) is 9.92. The van der Waals surface area contributed by atoms with Crippen molar-refractivity contribution in [1.82, 2.24) is 0 Å². The molecule has 2 aromatic carbocycles. The summed E-state index contributed by atoms with van der Waals surface area (Å²) in [6, 6.07) is 14.2. The molecule has 0 aliphatic carbocycles. The number of hydrogen-bond donors (Lipinski definition) is 0. The second-order valence-electron chi connectivity index (χ2n) is 7.83. The maximum atomic E-state index is 12.6. The summed E-state index contributed by atoms with van der Waals surface area (Å²) in [5, 5.41) is 0. The van der Waals surface area contributed by atoms with Gasteiger partial charge in [0.2, 0.25) is 0 Å². The van der Waals surface area contributed by atoms with Crippen LogP contribution in [0.1, 0.15) is 62.4 Å². The second kappa shape index (κ2) is 10.6. The van der Waals surface area contributed by atoms with Crippen LogP contribution in [0.4, 0.5) is 0 Å². The number of rotatable bonds is 10. The smallest absolute Gasteiger partial charge is 0.306 e. The van der Waals surface area contributed by atoms with Crippen molar-refractivity contribution in [3.63, 3.8) is 0 Å². The van der Waals surface area contributed by atoms with Crippen molar-refractivity contribution >= 4 is 11.8 Å². The first-order valence-electron chi connectivity index (χ1n) is 9.92. The molecule has 0 bridgehead atoms. The number of ketones is 1. The summed E-state index contributed by atoms with van der Waals surface area (Å²) in [5.74, 6) is 1.15. The van der Waals surface area contributed by atoms with E-state index in [0.717, 1.165) is 19.3 Å². The summed E-state index contributed by atoms with van der Waals surface area (Å²) >= 11 is 0. The Labute approximate surface area is 173 Å². The molecule has 0 N–H and O–H groups in total. The van der Waals surface area contributed by atoms with Gasteiger partial charge in [0.25, 0.3) is 0 Å². The average Bonchev–Trinajstić information content (AvgIpc) is 2.69. The van der Waals surface area contributed by atoms with Crippen LogP contribution in [-0.2, 0) is 9.53 Å². The summed E-state index contributed by atoms with van der Waals surface area (Å²) in [6.45, 7) is 6.14. The highest BCUT2D eigenvalue weighted by Crippen LogP contribution is 2.19. The Kier molecular flexibility index (Phi) is 8.25. The van der Waals surface area contributed by atoms with Crippen molar-refractivity contribution in [2.45, 2.75) is 52.1 Å². The monoisotopic (exact) mass is 398 g/mol. The Balaban J connectivity index is 1.76. The van der Waals surface area contributed by atoms with Crippen LogP contribution in [-0.4, -0.2) is 31.1 Å². The molecular formula is C24H30O5. The summed E-state index contributed by atoms with van der Waals surface area (Å²) in [5.41, 5.74) is 0.747. The summed E-state index contributed by atoms with van der Waals surface area (Å²) in [4.78, 5) is 24.3. The van der Waals surface area contributed by atoms with E-state index in [4.69, 9.17) is 14.2 Å². The van der Waals surface area contributed by atoms with Gasteiger partial charge < -0.3 is 14.2 Å². The lowest BCUT2D eigenvalue weighted by Gasteiger charge is -2.19. The van der Waals surface area contributed by atoms with E-state index in [-0.39, 0.29) is 11.8 Å². The largest absolute Gasteiger partial charge is 0.497 e. The van der Waals surface area contributed by atoms with Gasteiger partial charge >= 0.3 is 5.97 Å². The number of esters is 1. The molecule has 29 heavy (non-hydrogen) atoms. The van der Waals surface area contributed by atoms with Crippen molar-refractivity contribution in [3.05, 3.63) is 59.7 Å². The van der Waals surface area contributed by atoms with E-state index in [1.165, 1.54) is 0 Å². The molecule has 0 aliphatic heterocycles. The van der Waals surface area contributed by atoms with Gasteiger partial charge in [0, 0.05) is 17.5 Å². The van der Waals surface area contributed by atoms with Crippen molar-refractivity contribution in [3.8, 4) is 11.5 Å². The molecular weight excluding hydrogens is 368 g/mol. The van der Waals surface area contributed by atoms with Gasteiger partial charge in [-0.05, 0) is 76.4 Å². The zero-order valence-corrected chi connectivity index (χ0v) is 17.7. The molecule has 0 fully saturated rings. The molecule has 0 spiro atoms. The number of methoxy groups -OCH3 is 1. The molecule has 5 heteroatoms. The van der Waals surface area contributed by atoms with Gasteiger partial charge in [0.05, 0.1) is 13.7 Å². The highest BCUT2D eigenvalue weighted by Gasteiger charge is 2.15. The Bertz CT molecular complexity index is 803. The number of hydrogen-bond acceptors (Lipinski definition) is 5. The molecule has 156 valence electrons. The van der Waals surface area contributed by atoms with Crippen molar-refractivity contribution in [2.24, 2.45) is 0 Å². The van der Waals surface area contributed by atoms with Gasteiger partial charge in [0.1, 0.15) is 17.1 Å². The van der Waals surface area contributed by atoms with Crippen LogP contribution in [0.25, 0.3) is 0 Å². The Morgan fingerprint density at radius 1 is 0.862 bits per heavy atom. The Hall–Kier alpha value is -2.82. The fraction of sp³-hybridized carbons (Fsp3) is 0.417. The third-order valence-corrected chi connectivity index (χ3v) is 4.16. The van der Waals surface area contributed by atoms with Gasteiger partial charge in [-0.3, -0.25) is 9.59 Å². The lowest BCUT2D eigenvalue weighted by molar-refractivity contribution is -0.154. The number of carbonyl (C=O) groups is 2. The number of unbranched alkanes of at least 4 members (excludes halogenated alkanes) is 2. The van der Waals surface area contributed by atoms with Gasteiger partial charge in [-0.2, -0.15) is 0 Å². The lowest BCUT2D eigenvalue weighted by atomic mass is 10.0. The predicted molar refractivity (Wildman–Crippen MR) is 113 cm³/mol. The van der Waals surface area contributed by atoms with Crippen LogP contribution in [0.2, 0.25) is 0 Å². The molecule has 2 rings (SSSR count).